The Labute approximate surface area is 194 Å². The highest BCUT2D eigenvalue weighted by Gasteiger charge is 2.19. The van der Waals surface area contributed by atoms with Gasteiger partial charge in [0.25, 0.3) is 0 Å². The molecule has 0 saturated carbocycles. The van der Waals surface area contributed by atoms with Crippen LogP contribution in [0.5, 0.6) is 0 Å². The molecule has 1 atom stereocenters. The second kappa shape index (κ2) is 12.6. The van der Waals surface area contributed by atoms with Crippen molar-refractivity contribution in [3.63, 3.8) is 0 Å². The second-order valence-electron chi connectivity index (χ2n) is 7.42. The zero-order chi connectivity index (χ0) is 23.3. The van der Waals surface area contributed by atoms with E-state index in [2.05, 4.69) is 0 Å². The van der Waals surface area contributed by atoms with E-state index in [4.69, 9.17) is 4.74 Å². The van der Waals surface area contributed by atoms with Crippen LogP contribution in [0.3, 0.4) is 0 Å². The maximum absolute atomic E-state index is 11.6. The summed E-state index contributed by atoms with van der Waals surface area (Å²) in [7, 11) is 0. The summed E-state index contributed by atoms with van der Waals surface area (Å²) in [5, 5.41) is 9.29. The highest BCUT2D eigenvalue weighted by atomic mass is 16.5. The van der Waals surface area contributed by atoms with Gasteiger partial charge in [-0.25, -0.2) is 4.79 Å². The number of carbonyl (C=O) groups is 2. The van der Waals surface area contributed by atoms with Crippen molar-refractivity contribution in [3.8, 4) is 0 Å². The van der Waals surface area contributed by atoms with Crippen molar-refractivity contribution in [2.24, 2.45) is 0 Å². The Morgan fingerprint density at radius 3 is 1.61 bits per heavy atom. The van der Waals surface area contributed by atoms with Crippen LogP contribution in [-0.2, 0) is 22.6 Å². The van der Waals surface area contributed by atoms with E-state index in [0.29, 0.717) is 18.6 Å². The van der Waals surface area contributed by atoms with E-state index in [1.54, 1.807) is 12.1 Å². The van der Waals surface area contributed by atoms with Crippen molar-refractivity contribution in [3.05, 3.63) is 144 Å². The van der Waals surface area contributed by atoms with Crippen molar-refractivity contribution < 1.29 is 19.4 Å². The summed E-state index contributed by atoms with van der Waals surface area (Å²) >= 11 is 0. The summed E-state index contributed by atoms with van der Waals surface area (Å²) in [6.45, 7) is 0.314. The molecule has 0 radical (unpaired) electrons. The van der Waals surface area contributed by atoms with Crippen molar-refractivity contribution in [1.29, 1.82) is 0 Å². The third kappa shape index (κ3) is 7.78. The number of hydrogen-bond donors (Lipinski definition) is 1. The number of hydrogen-bond acceptors (Lipinski definition) is 3. The van der Waals surface area contributed by atoms with Gasteiger partial charge in [0.05, 0.1) is 11.5 Å². The molecule has 0 fully saturated rings. The summed E-state index contributed by atoms with van der Waals surface area (Å²) in [5.74, 6) is -1.54. The molecular formula is C29H26O4. The lowest BCUT2D eigenvalue weighted by Crippen LogP contribution is -2.14. The van der Waals surface area contributed by atoms with Gasteiger partial charge in [-0.3, -0.25) is 4.79 Å². The molecule has 4 rings (SSSR count). The van der Waals surface area contributed by atoms with Crippen molar-refractivity contribution in [2.75, 3.05) is 0 Å². The zero-order valence-electron chi connectivity index (χ0n) is 18.2. The summed E-state index contributed by atoms with van der Waals surface area (Å²) in [6, 6.07) is 37.7. The van der Waals surface area contributed by atoms with Gasteiger partial charge in [0, 0.05) is 0 Å². The summed E-state index contributed by atoms with van der Waals surface area (Å²) in [4.78, 5) is 22.9. The van der Waals surface area contributed by atoms with Crippen LogP contribution in [0, 0.1) is 0 Å². The second-order valence-corrected chi connectivity index (χ2v) is 7.42. The molecule has 0 spiro atoms. The minimum Gasteiger partial charge on any atom is -0.481 e. The van der Waals surface area contributed by atoms with Gasteiger partial charge < -0.3 is 9.84 Å². The summed E-state index contributed by atoms with van der Waals surface area (Å²) < 4.78 is 5.18. The van der Waals surface area contributed by atoms with Crippen molar-refractivity contribution >= 4 is 11.9 Å². The van der Waals surface area contributed by atoms with Crippen LogP contribution in [0.1, 0.15) is 33.0 Å². The number of ether oxygens (including phenoxy) is 1. The number of carbonyl (C=O) groups excluding carboxylic acids is 1. The molecule has 4 nitrogen and oxygen atoms in total. The molecule has 0 aliphatic rings. The first-order chi connectivity index (χ1) is 16.1. The minimum atomic E-state index is -0.778. The largest absolute Gasteiger partial charge is 0.481 e. The maximum atomic E-state index is 11.6. The van der Waals surface area contributed by atoms with Crippen LogP contribution in [0.15, 0.2) is 121 Å². The fraction of sp³-hybridized carbons (Fsp3) is 0.103. The fourth-order valence-corrected chi connectivity index (χ4v) is 3.26. The van der Waals surface area contributed by atoms with E-state index in [0.717, 1.165) is 16.7 Å². The van der Waals surface area contributed by atoms with E-state index in [1.165, 1.54) is 0 Å². The molecule has 0 aliphatic heterocycles. The van der Waals surface area contributed by atoms with Crippen LogP contribution in [0.25, 0.3) is 0 Å². The molecule has 0 amide bonds. The molecule has 4 aromatic carbocycles. The topological polar surface area (TPSA) is 63.6 Å². The smallest absolute Gasteiger partial charge is 0.338 e. The van der Waals surface area contributed by atoms with Crippen LogP contribution in [-0.4, -0.2) is 17.0 Å². The lowest BCUT2D eigenvalue weighted by Gasteiger charge is -2.12. The molecular weight excluding hydrogens is 412 g/mol. The molecule has 4 aromatic rings. The molecule has 0 saturated heterocycles. The van der Waals surface area contributed by atoms with Crippen LogP contribution < -0.4 is 0 Å². The number of rotatable bonds is 7. The fourth-order valence-electron chi connectivity index (χ4n) is 3.26. The highest BCUT2D eigenvalue weighted by Crippen LogP contribution is 2.21. The lowest BCUT2D eigenvalue weighted by molar-refractivity contribution is -0.138. The molecule has 0 aliphatic carbocycles. The van der Waals surface area contributed by atoms with Gasteiger partial charge in [0.1, 0.15) is 6.61 Å². The van der Waals surface area contributed by atoms with E-state index in [9.17, 15) is 14.7 Å². The zero-order valence-corrected chi connectivity index (χ0v) is 18.2. The van der Waals surface area contributed by atoms with E-state index in [-0.39, 0.29) is 5.97 Å². The number of carboxylic acid groups (broad SMARTS) is 1. The van der Waals surface area contributed by atoms with Gasteiger partial charge in [-0.1, -0.05) is 109 Å². The Balaban J connectivity index is 0.000000186. The third-order valence-corrected chi connectivity index (χ3v) is 5.00. The summed E-state index contributed by atoms with van der Waals surface area (Å²) in [6.07, 6.45) is 0.528. The van der Waals surface area contributed by atoms with Crippen LogP contribution >= 0.6 is 0 Å². The van der Waals surface area contributed by atoms with E-state index >= 15 is 0 Å². The number of benzene rings is 4. The van der Waals surface area contributed by atoms with Crippen molar-refractivity contribution in [2.45, 2.75) is 18.9 Å². The van der Waals surface area contributed by atoms with Gasteiger partial charge in [-0.05, 0) is 35.2 Å². The molecule has 0 bridgehead atoms. The first-order valence-electron chi connectivity index (χ1n) is 10.7. The predicted molar refractivity (Wildman–Crippen MR) is 129 cm³/mol. The number of esters is 1. The molecule has 1 N–H and O–H groups in total. The van der Waals surface area contributed by atoms with Gasteiger partial charge in [-0.2, -0.15) is 0 Å². The third-order valence-electron chi connectivity index (χ3n) is 5.00. The molecule has 166 valence electrons. The Kier molecular flexibility index (Phi) is 8.98. The Bertz CT molecular complexity index is 1110. The Hall–Kier alpha value is -4.18. The normalized spacial score (nSPS) is 10.9. The van der Waals surface area contributed by atoms with E-state index < -0.39 is 11.9 Å². The molecule has 1 unspecified atom stereocenters. The average molecular weight is 439 g/mol. The number of aliphatic carboxylic acids is 1. The molecule has 0 heterocycles. The molecule has 4 heteroatoms. The first-order valence-corrected chi connectivity index (χ1v) is 10.7. The minimum absolute atomic E-state index is 0.288. The SMILES string of the molecule is O=C(O)C(Cc1ccccc1)c1ccccc1.O=C(OCc1ccccc1)c1ccccc1. The quantitative estimate of drug-likeness (QED) is 0.352. The van der Waals surface area contributed by atoms with E-state index in [1.807, 2.05) is 109 Å². The lowest BCUT2D eigenvalue weighted by atomic mass is 9.92. The standard InChI is InChI=1S/C15H14O2.C14H12O2/c16-15(17)14(13-9-5-2-6-10-13)11-12-7-3-1-4-8-12;15-14(13-9-5-2-6-10-13)16-11-12-7-3-1-4-8-12/h1-10,14H,11H2,(H,16,17);1-10H,11H2. The van der Waals surface area contributed by atoms with Gasteiger partial charge >= 0.3 is 11.9 Å². The molecule has 33 heavy (non-hydrogen) atoms. The number of carboxylic acids is 1. The average Bonchev–Trinajstić information content (AvgIpc) is 2.88. The van der Waals surface area contributed by atoms with Crippen LogP contribution in [0.2, 0.25) is 0 Å². The highest BCUT2D eigenvalue weighted by molar-refractivity contribution is 5.89. The predicted octanol–water partition coefficient (Wildman–Crippen LogP) is 6.14. The maximum Gasteiger partial charge on any atom is 0.338 e. The van der Waals surface area contributed by atoms with Gasteiger partial charge in [0.15, 0.2) is 0 Å². The first kappa shape index (κ1) is 23.5. The Morgan fingerprint density at radius 1 is 0.636 bits per heavy atom. The van der Waals surface area contributed by atoms with Crippen molar-refractivity contribution in [1.82, 2.24) is 0 Å². The molecule has 0 aromatic heterocycles. The van der Waals surface area contributed by atoms with Gasteiger partial charge in [0.2, 0.25) is 0 Å². The summed E-state index contributed by atoms with van der Waals surface area (Å²) in [5.41, 5.74) is 3.47. The van der Waals surface area contributed by atoms with Gasteiger partial charge in [-0.15, -0.1) is 0 Å². The Morgan fingerprint density at radius 2 is 1.09 bits per heavy atom. The van der Waals surface area contributed by atoms with Crippen LogP contribution in [0.4, 0.5) is 0 Å². The monoisotopic (exact) mass is 438 g/mol.